The van der Waals surface area contributed by atoms with Gasteiger partial charge in [0.15, 0.2) is 0 Å². The van der Waals surface area contributed by atoms with Gasteiger partial charge >= 0.3 is 0 Å². The van der Waals surface area contributed by atoms with Crippen molar-refractivity contribution in [3.8, 4) is 0 Å². The number of aryl methyl sites for hydroxylation is 3. The summed E-state index contributed by atoms with van der Waals surface area (Å²) in [5.74, 6) is 0.879. The minimum absolute atomic E-state index is 0.362. The van der Waals surface area contributed by atoms with E-state index in [0.717, 1.165) is 23.6 Å². The van der Waals surface area contributed by atoms with Gasteiger partial charge in [0.1, 0.15) is 5.82 Å². The van der Waals surface area contributed by atoms with E-state index in [1.807, 2.05) is 20.0 Å². The second kappa shape index (κ2) is 5.00. The van der Waals surface area contributed by atoms with Gasteiger partial charge in [-0.1, -0.05) is 24.3 Å². The van der Waals surface area contributed by atoms with Gasteiger partial charge in [-0.05, 0) is 44.2 Å². The van der Waals surface area contributed by atoms with Crippen LogP contribution in [-0.2, 0) is 6.42 Å². The monoisotopic (exact) mass is 253 g/mol. The lowest BCUT2D eigenvalue weighted by Gasteiger charge is -2.26. The first-order valence-corrected chi connectivity index (χ1v) is 6.88. The molecular formula is C16H19N3. The SMILES string of the molecule is Cc1ncc(NC2CCCc3ccccc32)nc1C. The molecule has 1 aliphatic rings. The summed E-state index contributed by atoms with van der Waals surface area (Å²) in [5, 5.41) is 3.53. The standard InChI is InChI=1S/C16H19N3/c1-11-12(2)18-16(10-17-11)19-15-9-5-7-13-6-3-4-8-14(13)15/h3-4,6,8,10,15H,5,7,9H2,1-2H3,(H,18,19). The van der Waals surface area contributed by atoms with Crippen LogP contribution in [0.15, 0.2) is 30.5 Å². The maximum Gasteiger partial charge on any atom is 0.145 e. The minimum Gasteiger partial charge on any atom is -0.362 e. The molecule has 0 saturated heterocycles. The Kier molecular flexibility index (Phi) is 3.20. The van der Waals surface area contributed by atoms with Gasteiger partial charge < -0.3 is 5.32 Å². The molecule has 2 aromatic rings. The Bertz CT molecular complexity index is 592. The Hall–Kier alpha value is -1.90. The van der Waals surface area contributed by atoms with Crippen molar-refractivity contribution in [3.05, 3.63) is 53.0 Å². The average Bonchev–Trinajstić information content (AvgIpc) is 2.43. The average molecular weight is 253 g/mol. The lowest BCUT2D eigenvalue weighted by molar-refractivity contribution is 0.598. The van der Waals surface area contributed by atoms with E-state index in [1.165, 1.54) is 24.0 Å². The Morgan fingerprint density at radius 2 is 2.00 bits per heavy atom. The van der Waals surface area contributed by atoms with E-state index in [0.29, 0.717) is 6.04 Å². The molecule has 0 bridgehead atoms. The summed E-state index contributed by atoms with van der Waals surface area (Å²) < 4.78 is 0. The number of hydrogen-bond donors (Lipinski definition) is 1. The third-order valence-corrected chi connectivity index (χ3v) is 3.88. The van der Waals surface area contributed by atoms with Crippen LogP contribution in [0.1, 0.15) is 41.4 Å². The highest BCUT2D eigenvalue weighted by atomic mass is 15.0. The molecule has 1 aromatic heterocycles. The van der Waals surface area contributed by atoms with Crippen LogP contribution in [0.3, 0.4) is 0 Å². The third kappa shape index (κ3) is 2.46. The number of nitrogens with one attached hydrogen (secondary N) is 1. The van der Waals surface area contributed by atoms with Gasteiger partial charge in [0.2, 0.25) is 0 Å². The third-order valence-electron chi connectivity index (χ3n) is 3.88. The Morgan fingerprint density at radius 3 is 2.84 bits per heavy atom. The van der Waals surface area contributed by atoms with Crippen LogP contribution >= 0.6 is 0 Å². The number of rotatable bonds is 2. The van der Waals surface area contributed by atoms with Gasteiger partial charge in [-0.25, -0.2) is 4.98 Å². The number of anilines is 1. The fourth-order valence-corrected chi connectivity index (χ4v) is 2.69. The van der Waals surface area contributed by atoms with Crippen molar-refractivity contribution < 1.29 is 0 Å². The predicted octanol–water partition coefficient (Wildman–Crippen LogP) is 3.58. The molecule has 1 aliphatic carbocycles. The topological polar surface area (TPSA) is 37.8 Å². The molecule has 0 aliphatic heterocycles. The number of hydrogen-bond acceptors (Lipinski definition) is 3. The molecule has 0 amide bonds. The van der Waals surface area contributed by atoms with E-state index in [1.54, 1.807) is 0 Å². The largest absolute Gasteiger partial charge is 0.362 e. The second-order valence-electron chi connectivity index (χ2n) is 5.21. The number of benzene rings is 1. The van der Waals surface area contributed by atoms with Crippen LogP contribution in [-0.4, -0.2) is 9.97 Å². The lowest BCUT2D eigenvalue weighted by Crippen LogP contribution is -2.18. The zero-order valence-electron chi connectivity index (χ0n) is 11.5. The fraction of sp³-hybridized carbons (Fsp3) is 0.375. The normalized spacial score (nSPS) is 17.9. The van der Waals surface area contributed by atoms with Crippen molar-refractivity contribution >= 4 is 5.82 Å². The number of nitrogens with zero attached hydrogens (tertiary/aromatic N) is 2. The first kappa shape index (κ1) is 12.2. The molecule has 3 heteroatoms. The first-order valence-electron chi connectivity index (χ1n) is 6.88. The summed E-state index contributed by atoms with van der Waals surface area (Å²) in [4.78, 5) is 8.94. The molecule has 1 aromatic carbocycles. The summed E-state index contributed by atoms with van der Waals surface area (Å²) in [7, 11) is 0. The summed E-state index contributed by atoms with van der Waals surface area (Å²) in [6.07, 6.45) is 5.41. The van der Waals surface area contributed by atoms with Crippen molar-refractivity contribution in [1.82, 2.24) is 9.97 Å². The Morgan fingerprint density at radius 1 is 1.16 bits per heavy atom. The van der Waals surface area contributed by atoms with E-state index in [-0.39, 0.29) is 0 Å². The summed E-state index contributed by atoms with van der Waals surface area (Å²) >= 11 is 0. The van der Waals surface area contributed by atoms with Gasteiger partial charge in [-0.3, -0.25) is 4.98 Å². The van der Waals surface area contributed by atoms with Crippen LogP contribution in [0, 0.1) is 13.8 Å². The molecule has 98 valence electrons. The smallest absolute Gasteiger partial charge is 0.145 e. The molecule has 1 heterocycles. The zero-order chi connectivity index (χ0) is 13.2. The van der Waals surface area contributed by atoms with Crippen molar-refractivity contribution in [3.63, 3.8) is 0 Å². The van der Waals surface area contributed by atoms with Crippen molar-refractivity contribution in [2.75, 3.05) is 5.32 Å². The highest BCUT2D eigenvalue weighted by Gasteiger charge is 2.19. The van der Waals surface area contributed by atoms with Crippen LogP contribution < -0.4 is 5.32 Å². The summed E-state index contributed by atoms with van der Waals surface area (Å²) in [6.45, 7) is 3.99. The van der Waals surface area contributed by atoms with Crippen LogP contribution in [0.4, 0.5) is 5.82 Å². The van der Waals surface area contributed by atoms with Gasteiger partial charge in [0.25, 0.3) is 0 Å². The molecule has 3 rings (SSSR count). The Balaban J connectivity index is 1.86. The number of aromatic nitrogens is 2. The van der Waals surface area contributed by atoms with Gasteiger partial charge in [-0.2, -0.15) is 0 Å². The molecule has 0 radical (unpaired) electrons. The fourth-order valence-electron chi connectivity index (χ4n) is 2.69. The lowest BCUT2D eigenvalue weighted by atomic mass is 9.88. The second-order valence-corrected chi connectivity index (χ2v) is 5.21. The predicted molar refractivity (Wildman–Crippen MR) is 77.2 cm³/mol. The van der Waals surface area contributed by atoms with E-state index in [2.05, 4.69) is 39.6 Å². The first-order chi connectivity index (χ1) is 9.24. The molecular weight excluding hydrogens is 234 g/mol. The van der Waals surface area contributed by atoms with Crippen LogP contribution in [0.25, 0.3) is 0 Å². The van der Waals surface area contributed by atoms with Gasteiger partial charge in [0, 0.05) is 0 Å². The molecule has 1 unspecified atom stereocenters. The van der Waals surface area contributed by atoms with E-state index >= 15 is 0 Å². The molecule has 19 heavy (non-hydrogen) atoms. The molecule has 1 N–H and O–H groups in total. The van der Waals surface area contributed by atoms with E-state index < -0.39 is 0 Å². The molecule has 1 atom stereocenters. The maximum absolute atomic E-state index is 4.57. The highest BCUT2D eigenvalue weighted by molar-refractivity contribution is 5.41. The van der Waals surface area contributed by atoms with Crippen LogP contribution in [0.5, 0.6) is 0 Å². The summed E-state index contributed by atoms with van der Waals surface area (Å²) in [5.41, 5.74) is 4.86. The summed E-state index contributed by atoms with van der Waals surface area (Å²) in [6, 6.07) is 9.05. The van der Waals surface area contributed by atoms with Crippen molar-refractivity contribution in [1.29, 1.82) is 0 Å². The highest BCUT2D eigenvalue weighted by Crippen LogP contribution is 2.31. The van der Waals surface area contributed by atoms with Gasteiger partial charge in [-0.15, -0.1) is 0 Å². The maximum atomic E-state index is 4.57. The zero-order valence-corrected chi connectivity index (χ0v) is 11.5. The molecule has 0 fully saturated rings. The minimum atomic E-state index is 0.362. The van der Waals surface area contributed by atoms with Crippen LogP contribution in [0.2, 0.25) is 0 Å². The Labute approximate surface area is 114 Å². The van der Waals surface area contributed by atoms with Gasteiger partial charge in [0.05, 0.1) is 23.6 Å². The molecule has 0 saturated carbocycles. The number of fused-ring (bicyclic) bond motifs is 1. The van der Waals surface area contributed by atoms with E-state index in [4.69, 9.17) is 0 Å². The molecule has 3 nitrogen and oxygen atoms in total. The molecule has 0 spiro atoms. The van der Waals surface area contributed by atoms with E-state index in [9.17, 15) is 0 Å². The van der Waals surface area contributed by atoms with Crippen molar-refractivity contribution in [2.45, 2.75) is 39.2 Å². The quantitative estimate of drug-likeness (QED) is 0.889. The van der Waals surface area contributed by atoms with Crippen molar-refractivity contribution in [2.24, 2.45) is 0 Å².